The molecule has 4 amide bonds. The van der Waals surface area contributed by atoms with Crippen molar-refractivity contribution in [1.82, 2.24) is 14.9 Å². The molecule has 3 fully saturated rings. The number of nitrogens with zero attached hydrogens (tertiary/aromatic N) is 1. The van der Waals surface area contributed by atoms with Crippen LogP contribution in [0.15, 0.2) is 30.4 Å². The van der Waals surface area contributed by atoms with Crippen LogP contribution in [0.25, 0.3) is 0 Å². The number of ether oxygens (including phenoxy) is 1. The van der Waals surface area contributed by atoms with Crippen molar-refractivity contribution in [2.75, 3.05) is 18.9 Å². The average Bonchev–Trinajstić information content (AvgIpc) is 3.85. The van der Waals surface area contributed by atoms with Crippen molar-refractivity contribution in [3.05, 3.63) is 41.7 Å². The second kappa shape index (κ2) is 11.7. The van der Waals surface area contributed by atoms with Crippen molar-refractivity contribution in [2.45, 2.75) is 75.2 Å². The number of carbonyl (C=O) groups excluding carboxylic acids is 4. The minimum atomic E-state index is -3.84. The molecule has 3 N–H and O–H groups in total. The summed E-state index contributed by atoms with van der Waals surface area (Å²) >= 11 is 0. The average molecular weight is 605 g/mol. The first-order valence-electron chi connectivity index (χ1n) is 14.4. The van der Waals surface area contributed by atoms with Gasteiger partial charge in [-0.1, -0.05) is 18.2 Å². The zero-order chi connectivity index (χ0) is 30.2. The number of fused-ring (bicyclic) bond motifs is 2. The Morgan fingerprint density at radius 2 is 1.88 bits per heavy atom. The van der Waals surface area contributed by atoms with Crippen LogP contribution in [0.1, 0.15) is 56.9 Å². The summed E-state index contributed by atoms with van der Waals surface area (Å²) in [5.41, 5.74) is -0.761. The molecule has 5 atom stereocenters. The van der Waals surface area contributed by atoms with Crippen molar-refractivity contribution >= 4 is 39.5 Å². The monoisotopic (exact) mass is 604 g/mol. The Balaban J connectivity index is 1.35. The molecule has 13 heteroatoms. The number of hydrogen-bond acceptors (Lipinski definition) is 7. The van der Waals surface area contributed by atoms with E-state index in [4.69, 9.17) is 4.74 Å². The number of carbonyl (C=O) groups is 4. The third-order valence-electron chi connectivity index (χ3n) is 8.63. The van der Waals surface area contributed by atoms with Crippen molar-refractivity contribution < 1.29 is 36.7 Å². The maximum absolute atomic E-state index is 14.2. The van der Waals surface area contributed by atoms with Gasteiger partial charge in [0.05, 0.1) is 22.8 Å². The van der Waals surface area contributed by atoms with Crippen LogP contribution in [0.2, 0.25) is 0 Å². The van der Waals surface area contributed by atoms with Gasteiger partial charge in [-0.25, -0.2) is 17.6 Å². The maximum Gasteiger partial charge on any atom is 0.411 e. The molecule has 1 aromatic rings. The van der Waals surface area contributed by atoms with E-state index in [1.54, 1.807) is 24.9 Å². The summed E-state index contributed by atoms with van der Waals surface area (Å²) in [4.78, 5) is 54.8. The van der Waals surface area contributed by atoms with E-state index < -0.39 is 62.5 Å². The van der Waals surface area contributed by atoms with Gasteiger partial charge in [0.15, 0.2) is 0 Å². The summed E-state index contributed by atoms with van der Waals surface area (Å²) in [6.07, 6.45) is 5.57. The van der Waals surface area contributed by atoms with Gasteiger partial charge in [-0.3, -0.25) is 24.4 Å². The van der Waals surface area contributed by atoms with Gasteiger partial charge in [0.25, 0.3) is 5.91 Å². The first-order valence-corrected chi connectivity index (χ1v) is 16.0. The predicted octanol–water partition coefficient (Wildman–Crippen LogP) is 2.76. The van der Waals surface area contributed by atoms with Crippen LogP contribution in [0.3, 0.4) is 0 Å². The predicted molar refractivity (Wildman–Crippen MR) is 151 cm³/mol. The molecule has 0 bridgehead atoms. The van der Waals surface area contributed by atoms with Crippen LogP contribution in [0, 0.1) is 30.5 Å². The third-order valence-corrected chi connectivity index (χ3v) is 10.4. The first kappa shape index (κ1) is 30.0. The fraction of sp³-hybridized carbons (Fsp3) is 0.586. The lowest BCUT2D eigenvalue weighted by molar-refractivity contribution is -0.140. The SMILES string of the molecule is Cc1ccc(F)c(NC(=O)O[C@@H]2C[C@H]3C(=O)N[C@]4(C(=O)NS(=O)(=O)C5CC5)C[C@@H]4/C=C\CCCCN(C)C(=O)[C@@H]3C2)c1. The highest BCUT2D eigenvalue weighted by Gasteiger charge is 2.62. The molecule has 1 aliphatic heterocycles. The first-order chi connectivity index (χ1) is 19.9. The maximum atomic E-state index is 14.2. The highest BCUT2D eigenvalue weighted by molar-refractivity contribution is 7.91. The molecule has 11 nitrogen and oxygen atoms in total. The molecule has 3 saturated carbocycles. The summed E-state index contributed by atoms with van der Waals surface area (Å²) in [6, 6.07) is 4.25. The number of anilines is 1. The van der Waals surface area contributed by atoms with Gasteiger partial charge < -0.3 is 15.0 Å². The molecule has 0 spiro atoms. The number of amides is 4. The Morgan fingerprint density at radius 3 is 2.62 bits per heavy atom. The molecule has 42 heavy (non-hydrogen) atoms. The van der Waals surface area contributed by atoms with Gasteiger partial charge in [-0.2, -0.15) is 0 Å². The minimum absolute atomic E-state index is 0.0123. The molecule has 0 unspecified atom stereocenters. The van der Waals surface area contributed by atoms with Crippen LogP contribution >= 0.6 is 0 Å². The fourth-order valence-electron chi connectivity index (χ4n) is 5.92. The zero-order valence-electron chi connectivity index (χ0n) is 23.7. The van der Waals surface area contributed by atoms with E-state index in [1.807, 2.05) is 12.2 Å². The largest absolute Gasteiger partial charge is 0.446 e. The Bertz CT molecular complexity index is 1410. The van der Waals surface area contributed by atoms with E-state index >= 15 is 0 Å². The van der Waals surface area contributed by atoms with Crippen LogP contribution < -0.4 is 15.4 Å². The standard InChI is InChI=1S/C29H37FN4O7S/c1-17-8-11-23(30)24(13-17)31-28(38)41-19-14-21-22(15-19)26(36)34(2)12-6-4-3-5-7-18-16-29(18,32-25(21)35)27(37)33-42(39,40)20-9-10-20/h5,7-8,11,13,18-22H,3-4,6,9-10,12,14-16H2,1-2H3,(H,31,38)(H,32,35)(H,33,37)/b7-5-/t18-,19+,21+,22+,29+/m0/s1. The summed E-state index contributed by atoms with van der Waals surface area (Å²) < 4.78 is 46.9. The van der Waals surface area contributed by atoms with Crippen LogP contribution in [-0.2, 0) is 29.1 Å². The Kier molecular flexibility index (Phi) is 8.32. The molecule has 0 radical (unpaired) electrons. The van der Waals surface area contributed by atoms with E-state index in [9.17, 15) is 32.0 Å². The second-order valence-electron chi connectivity index (χ2n) is 12.0. The number of benzene rings is 1. The number of nitrogens with one attached hydrogen (secondary N) is 3. The lowest BCUT2D eigenvalue weighted by atomic mass is 9.93. The van der Waals surface area contributed by atoms with Crippen molar-refractivity contribution in [1.29, 1.82) is 0 Å². The number of aryl methyl sites for hydroxylation is 1. The lowest BCUT2D eigenvalue weighted by Crippen LogP contribution is -2.54. The molecular weight excluding hydrogens is 567 g/mol. The number of allylic oxidation sites excluding steroid dienone is 1. The molecule has 3 aliphatic carbocycles. The fourth-order valence-corrected chi connectivity index (χ4v) is 7.28. The molecular formula is C29H37FN4O7S. The van der Waals surface area contributed by atoms with E-state index in [1.165, 1.54) is 12.1 Å². The number of halogens is 1. The third kappa shape index (κ3) is 6.45. The Hall–Kier alpha value is -3.48. The summed E-state index contributed by atoms with van der Waals surface area (Å²) in [5, 5.41) is 4.57. The van der Waals surface area contributed by atoms with Crippen molar-refractivity contribution in [3.63, 3.8) is 0 Å². The molecule has 4 aliphatic rings. The molecule has 0 aromatic heterocycles. The Morgan fingerprint density at radius 1 is 1.14 bits per heavy atom. The van der Waals surface area contributed by atoms with E-state index in [0.717, 1.165) is 18.4 Å². The lowest BCUT2D eigenvalue weighted by Gasteiger charge is -2.26. The van der Waals surface area contributed by atoms with Crippen molar-refractivity contribution in [2.24, 2.45) is 17.8 Å². The van der Waals surface area contributed by atoms with Gasteiger partial charge in [0.1, 0.15) is 17.5 Å². The van der Waals surface area contributed by atoms with Gasteiger partial charge in [0, 0.05) is 19.5 Å². The Labute approximate surface area is 244 Å². The van der Waals surface area contributed by atoms with Gasteiger partial charge in [-0.05, 0) is 76.0 Å². The van der Waals surface area contributed by atoms with E-state index in [0.29, 0.717) is 25.8 Å². The molecule has 1 heterocycles. The minimum Gasteiger partial charge on any atom is -0.446 e. The summed E-state index contributed by atoms with van der Waals surface area (Å²) in [5.74, 6) is -4.41. The molecule has 5 rings (SSSR count). The van der Waals surface area contributed by atoms with Gasteiger partial charge in [-0.15, -0.1) is 0 Å². The van der Waals surface area contributed by atoms with Gasteiger partial charge in [0.2, 0.25) is 21.8 Å². The highest BCUT2D eigenvalue weighted by atomic mass is 32.2. The van der Waals surface area contributed by atoms with E-state index in [2.05, 4.69) is 15.4 Å². The topological polar surface area (TPSA) is 151 Å². The molecule has 228 valence electrons. The molecule has 1 aromatic carbocycles. The number of hydrogen-bond donors (Lipinski definition) is 3. The normalized spacial score (nSPS) is 30.7. The number of rotatable bonds is 5. The molecule has 0 saturated heterocycles. The number of sulfonamides is 1. The van der Waals surface area contributed by atoms with Crippen molar-refractivity contribution in [3.8, 4) is 0 Å². The van der Waals surface area contributed by atoms with Crippen LogP contribution in [0.5, 0.6) is 0 Å². The smallest absolute Gasteiger partial charge is 0.411 e. The summed E-state index contributed by atoms with van der Waals surface area (Å²) in [7, 11) is -2.18. The van der Waals surface area contributed by atoms with Gasteiger partial charge >= 0.3 is 6.09 Å². The second-order valence-corrected chi connectivity index (χ2v) is 13.9. The van der Waals surface area contributed by atoms with Crippen LogP contribution in [-0.4, -0.2) is 67.6 Å². The quantitative estimate of drug-likeness (QED) is 0.437. The van der Waals surface area contributed by atoms with Crippen LogP contribution in [0.4, 0.5) is 14.9 Å². The summed E-state index contributed by atoms with van der Waals surface area (Å²) in [6.45, 7) is 2.24. The van der Waals surface area contributed by atoms with E-state index in [-0.39, 0.29) is 36.8 Å². The highest BCUT2D eigenvalue weighted by Crippen LogP contribution is 2.47. The zero-order valence-corrected chi connectivity index (χ0v) is 24.5.